The van der Waals surface area contributed by atoms with Crippen LogP contribution in [0.15, 0.2) is 29.0 Å². The molecule has 3 rings (SSSR count). The summed E-state index contributed by atoms with van der Waals surface area (Å²) in [6, 6.07) is 5.49. The van der Waals surface area contributed by atoms with E-state index in [4.69, 9.17) is 4.74 Å². The molecule has 3 aromatic heterocycles. The highest BCUT2D eigenvalue weighted by molar-refractivity contribution is 7.17. The van der Waals surface area contributed by atoms with Gasteiger partial charge in [-0.05, 0) is 28.8 Å². The van der Waals surface area contributed by atoms with Crippen LogP contribution < -0.4 is 10.6 Å². The van der Waals surface area contributed by atoms with E-state index in [-0.39, 0.29) is 5.78 Å². The van der Waals surface area contributed by atoms with Gasteiger partial charge in [0.25, 0.3) is 0 Å². The molecule has 0 aliphatic heterocycles. The van der Waals surface area contributed by atoms with Gasteiger partial charge in [0, 0.05) is 13.1 Å². The van der Waals surface area contributed by atoms with Crippen molar-refractivity contribution in [3.8, 4) is 0 Å². The average Bonchev–Trinajstić information content (AvgIpc) is 3.33. The molecule has 3 heterocycles. The quantitative estimate of drug-likeness (QED) is 0.438. The van der Waals surface area contributed by atoms with E-state index in [2.05, 4.69) is 20.6 Å². The molecule has 3 aromatic rings. The number of carbonyl (C=O) groups excluding carboxylic acids is 2. The molecule has 0 spiro atoms. The van der Waals surface area contributed by atoms with Crippen LogP contribution in [0, 0.1) is 5.92 Å². The first kappa shape index (κ1) is 19.2. The van der Waals surface area contributed by atoms with Crippen molar-refractivity contribution >= 4 is 50.7 Å². The number of ether oxygens (including phenoxy) is 1. The zero-order valence-corrected chi connectivity index (χ0v) is 16.7. The van der Waals surface area contributed by atoms with Gasteiger partial charge in [0.1, 0.15) is 5.69 Å². The van der Waals surface area contributed by atoms with Gasteiger partial charge in [-0.3, -0.25) is 4.79 Å². The fourth-order valence-electron chi connectivity index (χ4n) is 2.25. The molecule has 0 aliphatic carbocycles. The number of amides is 1. The normalized spacial score (nSPS) is 10.9. The van der Waals surface area contributed by atoms with Crippen molar-refractivity contribution in [2.75, 3.05) is 25.0 Å². The van der Waals surface area contributed by atoms with Crippen LogP contribution in [0.3, 0.4) is 0 Å². The Hall–Kier alpha value is -2.52. The van der Waals surface area contributed by atoms with Gasteiger partial charge in [0.15, 0.2) is 0 Å². The second-order valence-electron chi connectivity index (χ2n) is 6.18. The molecule has 0 atom stereocenters. The minimum Gasteiger partial charge on any atom is -0.449 e. The number of aromatic nitrogens is 2. The fraction of sp³-hybridized carbons (Fsp3) is 0.333. The molecule has 0 saturated heterocycles. The summed E-state index contributed by atoms with van der Waals surface area (Å²) < 4.78 is 5.82. The van der Waals surface area contributed by atoms with Crippen molar-refractivity contribution in [2.45, 2.75) is 13.8 Å². The number of ketones is 1. The van der Waals surface area contributed by atoms with Gasteiger partial charge in [-0.2, -0.15) is 0 Å². The third kappa shape index (κ3) is 5.01. The monoisotopic (exact) mass is 404 g/mol. The molecule has 0 fully saturated rings. The predicted octanol–water partition coefficient (Wildman–Crippen LogP) is 3.78. The molecule has 142 valence electrons. The molecule has 0 unspecified atom stereocenters. The molecule has 27 heavy (non-hydrogen) atoms. The number of fused-ring (bicyclic) bond motifs is 1. The lowest BCUT2D eigenvalue weighted by atomic mass is 10.2. The van der Waals surface area contributed by atoms with Crippen molar-refractivity contribution in [2.24, 2.45) is 5.92 Å². The Morgan fingerprint density at radius 2 is 2.00 bits per heavy atom. The maximum absolute atomic E-state index is 12.7. The Morgan fingerprint density at radius 1 is 1.15 bits per heavy atom. The Labute approximate surface area is 164 Å². The van der Waals surface area contributed by atoms with Crippen molar-refractivity contribution in [1.29, 1.82) is 0 Å². The van der Waals surface area contributed by atoms with Crippen molar-refractivity contribution in [3.05, 3.63) is 39.5 Å². The number of anilines is 1. The summed E-state index contributed by atoms with van der Waals surface area (Å²) in [5, 5.41) is 9.46. The number of carbonyl (C=O) groups is 2. The van der Waals surface area contributed by atoms with E-state index < -0.39 is 6.09 Å². The number of nitrogens with one attached hydrogen (secondary N) is 2. The minimum atomic E-state index is -0.451. The Kier molecular flexibility index (Phi) is 6.36. The zero-order valence-electron chi connectivity index (χ0n) is 15.0. The van der Waals surface area contributed by atoms with Crippen LogP contribution in [0.2, 0.25) is 0 Å². The molecular formula is C18H20N4O3S2. The van der Waals surface area contributed by atoms with Gasteiger partial charge >= 0.3 is 6.09 Å². The minimum absolute atomic E-state index is 0.113. The summed E-state index contributed by atoms with van der Waals surface area (Å²) in [6.07, 6.45) is -0.451. The topological polar surface area (TPSA) is 93.2 Å². The van der Waals surface area contributed by atoms with Crippen LogP contribution in [-0.2, 0) is 4.74 Å². The van der Waals surface area contributed by atoms with Crippen LogP contribution in [-0.4, -0.2) is 41.5 Å². The van der Waals surface area contributed by atoms with Crippen LogP contribution in [0.5, 0.6) is 0 Å². The van der Waals surface area contributed by atoms with Gasteiger partial charge in [-0.1, -0.05) is 19.9 Å². The van der Waals surface area contributed by atoms with Gasteiger partial charge in [-0.25, -0.2) is 14.8 Å². The van der Waals surface area contributed by atoms with E-state index >= 15 is 0 Å². The molecular weight excluding hydrogens is 384 g/mol. The van der Waals surface area contributed by atoms with Crippen LogP contribution in [0.25, 0.3) is 10.2 Å². The van der Waals surface area contributed by atoms with Gasteiger partial charge in [-0.15, -0.1) is 22.7 Å². The SMILES string of the molecule is CC(C)COC(=O)NCCNc1nc(C(=O)c2cccs2)c2sccc2n1. The molecule has 0 saturated carbocycles. The maximum atomic E-state index is 12.7. The van der Waals surface area contributed by atoms with Crippen molar-refractivity contribution in [1.82, 2.24) is 15.3 Å². The molecule has 2 N–H and O–H groups in total. The summed E-state index contributed by atoms with van der Waals surface area (Å²) in [7, 11) is 0. The highest BCUT2D eigenvalue weighted by Gasteiger charge is 2.18. The number of alkyl carbamates (subject to hydrolysis) is 1. The Balaban J connectivity index is 1.64. The summed E-state index contributed by atoms with van der Waals surface area (Å²) >= 11 is 2.83. The molecule has 0 radical (unpaired) electrons. The van der Waals surface area contributed by atoms with Gasteiger partial charge < -0.3 is 15.4 Å². The van der Waals surface area contributed by atoms with Gasteiger partial charge in [0.2, 0.25) is 11.7 Å². The highest BCUT2D eigenvalue weighted by atomic mass is 32.1. The van der Waals surface area contributed by atoms with Crippen LogP contribution in [0.4, 0.5) is 10.7 Å². The zero-order chi connectivity index (χ0) is 19.2. The second-order valence-corrected chi connectivity index (χ2v) is 8.05. The lowest BCUT2D eigenvalue weighted by Gasteiger charge is -2.10. The summed E-state index contributed by atoms with van der Waals surface area (Å²) in [6.45, 7) is 5.10. The standard InChI is InChI=1S/C18H20N4O3S2/c1-11(2)10-25-18(24)20-7-6-19-17-21-12-5-9-27-16(12)14(22-17)15(23)13-4-3-8-26-13/h3-5,8-9,11H,6-7,10H2,1-2H3,(H,20,24)(H,19,21,22). The first-order valence-electron chi connectivity index (χ1n) is 8.52. The Bertz CT molecular complexity index is 922. The fourth-order valence-corrected chi connectivity index (χ4v) is 3.74. The number of hydrogen-bond acceptors (Lipinski definition) is 8. The van der Waals surface area contributed by atoms with Crippen molar-refractivity contribution in [3.63, 3.8) is 0 Å². The lowest BCUT2D eigenvalue weighted by Crippen LogP contribution is -2.30. The average molecular weight is 405 g/mol. The van der Waals surface area contributed by atoms with E-state index in [0.717, 1.165) is 10.2 Å². The van der Waals surface area contributed by atoms with Crippen LogP contribution >= 0.6 is 22.7 Å². The summed E-state index contributed by atoms with van der Waals surface area (Å²) in [4.78, 5) is 33.8. The van der Waals surface area contributed by atoms with Crippen molar-refractivity contribution < 1.29 is 14.3 Å². The van der Waals surface area contributed by atoms with E-state index in [1.807, 2.05) is 36.7 Å². The maximum Gasteiger partial charge on any atom is 0.407 e. The summed E-state index contributed by atoms with van der Waals surface area (Å²) in [5.74, 6) is 0.537. The molecule has 1 amide bonds. The number of rotatable bonds is 8. The second kappa shape index (κ2) is 8.92. The predicted molar refractivity (Wildman–Crippen MR) is 108 cm³/mol. The Morgan fingerprint density at radius 3 is 2.74 bits per heavy atom. The van der Waals surface area contributed by atoms with E-state index in [1.165, 1.54) is 22.7 Å². The molecule has 9 heteroatoms. The van der Waals surface area contributed by atoms with Crippen LogP contribution in [0.1, 0.15) is 29.2 Å². The van der Waals surface area contributed by atoms with E-state index in [9.17, 15) is 9.59 Å². The number of hydrogen-bond donors (Lipinski definition) is 2. The first-order valence-corrected chi connectivity index (χ1v) is 10.3. The smallest absolute Gasteiger partial charge is 0.407 e. The van der Waals surface area contributed by atoms with Gasteiger partial charge in [0.05, 0.1) is 21.7 Å². The summed E-state index contributed by atoms with van der Waals surface area (Å²) in [5.41, 5.74) is 1.12. The molecule has 0 bridgehead atoms. The largest absolute Gasteiger partial charge is 0.449 e. The third-order valence-corrected chi connectivity index (χ3v) is 5.27. The third-order valence-electron chi connectivity index (χ3n) is 3.49. The van der Waals surface area contributed by atoms with E-state index in [0.29, 0.717) is 42.1 Å². The van der Waals surface area contributed by atoms with E-state index in [1.54, 1.807) is 6.07 Å². The first-order chi connectivity index (χ1) is 13.0. The number of nitrogens with zero attached hydrogens (tertiary/aromatic N) is 2. The molecule has 0 aliphatic rings. The molecule has 0 aromatic carbocycles. The molecule has 7 nitrogen and oxygen atoms in total. The lowest BCUT2D eigenvalue weighted by molar-refractivity contribution is 0.103. The highest BCUT2D eigenvalue weighted by Crippen LogP contribution is 2.26. The number of thiophene rings is 2.